The third-order valence-corrected chi connectivity index (χ3v) is 4.11. The van der Waals surface area contributed by atoms with Gasteiger partial charge in [0.05, 0.1) is 4.92 Å². The number of non-ortho nitro benzene ring substituents is 1. The molecule has 0 saturated carbocycles. The Hall–Kier alpha value is -2.74. The average molecular weight is 329 g/mol. The molecule has 1 aromatic carbocycles. The zero-order valence-electron chi connectivity index (χ0n) is 13.1. The first-order valence-corrected chi connectivity index (χ1v) is 7.85. The highest BCUT2D eigenvalue weighted by atomic mass is 16.6. The zero-order valence-corrected chi connectivity index (χ0v) is 13.1. The number of aromatic nitrogens is 2. The van der Waals surface area contributed by atoms with Crippen LogP contribution in [0.1, 0.15) is 18.4 Å². The maximum Gasteiger partial charge on any atom is 0.270 e. The van der Waals surface area contributed by atoms with Crippen molar-refractivity contribution in [1.29, 1.82) is 0 Å². The molecule has 3 rings (SSSR count). The molecule has 1 aromatic heterocycles. The van der Waals surface area contributed by atoms with Gasteiger partial charge in [-0.1, -0.05) is 0 Å². The Balaban J connectivity index is 1.62. The predicted molar refractivity (Wildman–Crippen MR) is 88.9 cm³/mol. The number of phenols is 1. The fourth-order valence-corrected chi connectivity index (χ4v) is 2.86. The van der Waals surface area contributed by atoms with E-state index >= 15 is 0 Å². The quantitative estimate of drug-likeness (QED) is 0.637. The molecular formula is C16H19N5O3. The standard InChI is InChI=1S/C16H19N5O3/c22-15-5-4-14(21(23)24)9-12(15)10-19-13-3-1-8-20(11-13)16-17-6-2-7-18-16/h2,4-7,9,13,19,22H,1,3,8,10-11H2/t13-/m0/s1. The third kappa shape index (κ3) is 3.77. The minimum atomic E-state index is -0.460. The van der Waals surface area contributed by atoms with Gasteiger partial charge in [-0.15, -0.1) is 0 Å². The van der Waals surface area contributed by atoms with E-state index in [1.165, 1.54) is 18.2 Å². The maximum absolute atomic E-state index is 10.9. The molecule has 8 heteroatoms. The van der Waals surface area contributed by atoms with Crippen molar-refractivity contribution in [2.45, 2.75) is 25.4 Å². The summed E-state index contributed by atoms with van der Waals surface area (Å²) >= 11 is 0. The van der Waals surface area contributed by atoms with Gasteiger partial charge >= 0.3 is 0 Å². The summed E-state index contributed by atoms with van der Waals surface area (Å²) in [6.07, 6.45) is 5.46. The maximum atomic E-state index is 10.9. The summed E-state index contributed by atoms with van der Waals surface area (Å²) in [5.74, 6) is 0.773. The number of benzene rings is 1. The molecule has 0 amide bonds. The third-order valence-electron chi connectivity index (χ3n) is 4.11. The summed E-state index contributed by atoms with van der Waals surface area (Å²) in [4.78, 5) is 21.1. The Morgan fingerprint density at radius 2 is 2.17 bits per heavy atom. The highest BCUT2D eigenvalue weighted by Gasteiger charge is 2.21. The highest BCUT2D eigenvalue weighted by molar-refractivity contribution is 5.43. The van der Waals surface area contributed by atoms with Crippen molar-refractivity contribution >= 4 is 11.6 Å². The van der Waals surface area contributed by atoms with Crippen LogP contribution in [0, 0.1) is 10.1 Å². The lowest BCUT2D eigenvalue weighted by molar-refractivity contribution is -0.384. The predicted octanol–water partition coefficient (Wildman–Crippen LogP) is 1.85. The Kier molecular flexibility index (Phi) is 4.85. The topological polar surface area (TPSA) is 104 Å². The van der Waals surface area contributed by atoms with Crippen molar-refractivity contribution < 1.29 is 10.0 Å². The fraction of sp³-hybridized carbons (Fsp3) is 0.375. The molecule has 2 heterocycles. The molecule has 1 saturated heterocycles. The lowest BCUT2D eigenvalue weighted by Gasteiger charge is -2.33. The van der Waals surface area contributed by atoms with Crippen LogP contribution in [0.25, 0.3) is 0 Å². The number of nitrogens with one attached hydrogen (secondary N) is 1. The first kappa shape index (κ1) is 16.1. The van der Waals surface area contributed by atoms with E-state index in [0.29, 0.717) is 18.1 Å². The van der Waals surface area contributed by atoms with Crippen LogP contribution in [-0.2, 0) is 6.54 Å². The van der Waals surface area contributed by atoms with Gasteiger partial charge < -0.3 is 15.3 Å². The Labute approximate surface area is 139 Å². The number of anilines is 1. The number of phenolic OH excluding ortho intramolecular Hbond substituents is 1. The molecule has 0 radical (unpaired) electrons. The smallest absolute Gasteiger partial charge is 0.270 e. The summed E-state index contributed by atoms with van der Waals surface area (Å²) in [7, 11) is 0. The van der Waals surface area contributed by atoms with Crippen molar-refractivity contribution in [3.8, 4) is 5.75 Å². The van der Waals surface area contributed by atoms with Crippen molar-refractivity contribution in [3.05, 3.63) is 52.3 Å². The monoisotopic (exact) mass is 329 g/mol. The van der Waals surface area contributed by atoms with Gasteiger partial charge in [0.1, 0.15) is 5.75 Å². The normalized spacial score (nSPS) is 17.7. The van der Waals surface area contributed by atoms with Gasteiger partial charge in [-0.2, -0.15) is 0 Å². The zero-order chi connectivity index (χ0) is 16.9. The van der Waals surface area contributed by atoms with E-state index in [1.54, 1.807) is 18.5 Å². The van der Waals surface area contributed by atoms with Crippen LogP contribution in [0.4, 0.5) is 11.6 Å². The van der Waals surface area contributed by atoms with Gasteiger partial charge in [0.15, 0.2) is 0 Å². The number of hydrogen-bond acceptors (Lipinski definition) is 7. The minimum Gasteiger partial charge on any atom is -0.508 e. The number of rotatable bonds is 5. The van der Waals surface area contributed by atoms with E-state index in [1.807, 2.05) is 0 Å². The number of piperidine rings is 1. The molecule has 8 nitrogen and oxygen atoms in total. The number of hydrogen-bond donors (Lipinski definition) is 2. The van der Waals surface area contributed by atoms with E-state index in [4.69, 9.17) is 0 Å². The molecule has 0 unspecified atom stereocenters. The van der Waals surface area contributed by atoms with Gasteiger partial charge in [-0.25, -0.2) is 9.97 Å². The molecule has 126 valence electrons. The SMILES string of the molecule is O=[N+]([O-])c1ccc(O)c(CN[C@H]2CCCN(c3ncccn3)C2)c1. The second kappa shape index (κ2) is 7.22. The molecule has 2 N–H and O–H groups in total. The lowest BCUT2D eigenvalue weighted by Crippen LogP contribution is -2.46. The lowest BCUT2D eigenvalue weighted by atomic mass is 10.1. The molecule has 1 aliphatic heterocycles. The van der Waals surface area contributed by atoms with Crippen LogP contribution < -0.4 is 10.2 Å². The van der Waals surface area contributed by atoms with E-state index in [-0.39, 0.29) is 17.5 Å². The summed E-state index contributed by atoms with van der Waals surface area (Å²) in [6.45, 7) is 2.05. The van der Waals surface area contributed by atoms with Crippen LogP contribution in [0.3, 0.4) is 0 Å². The molecular weight excluding hydrogens is 310 g/mol. The second-order valence-electron chi connectivity index (χ2n) is 5.78. The fourth-order valence-electron chi connectivity index (χ4n) is 2.86. The largest absolute Gasteiger partial charge is 0.508 e. The molecule has 2 aromatic rings. The van der Waals surface area contributed by atoms with Crippen LogP contribution in [0.5, 0.6) is 5.75 Å². The number of nitrogens with zero attached hydrogens (tertiary/aromatic N) is 4. The molecule has 1 fully saturated rings. The van der Waals surface area contributed by atoms with E-state index < -0.39 is 4.92 Å². The Morgan fingerprint density at radius 3 is 2.92 bits per heavy atom. The minimum absolute atomic E-state index is 0.0208. The van der Waals surface area contributed by atoms with Crippen LogP contribution in [-0.4, -0.2) is 39.1 Å². The Morgan fingerprint density at radius 1 is 1.38 bits per heavy atom. The first-order valence-electron chi connectivity index (χ1n) is 7.85. The van der Waals surface area contributed by atoms with Gasteiger partial charge in [-0.05, 0) is 25.0 Å². The molecule has 24 heavy (non-hydrogen) atoms. The highest BCUT2D eigenvalue weighted by Crippen LogP contribution is 2.23. The number of nitro benzene ring substituents is 1. The van der Waals surface area contributed by atoms with Crippen molar-refractivity contribution in [3.63, 3.8) is 0 Å². The van der Waals surface area contributed by atoms with Crippen LogP contribution >= 0.6 is 0 Å². The van der Waals surface area contributed by atoms with E-state index in [2.05, 4.69) is 20.2 Å². The molecule has 0 aliphatic carbocycles. The van der Waals surface area contributed by atoms with E-state index in [9.17, 15) is 15.2 Å². The summed E-state index contributed by atoms with van der Waals surface area (Å²) < 4.78 is 0. The summed E-state index contributed by atoms with van der Waals surface area (Å²) in [6, 6.07) is 6.06. The Bertz CT molecular complexity index is 710. The van der Waals surface area contributed by atoms with Crippen LogP contribution in [0.2, 0.25) is 0 Å². The van der Waals surface area contributed by atoms with Gasteiger partial charge in [0.25, 0.3) is 5.69 Å². The summed E-state index contributed by atoms with van der Waals surface area (Å²) in [5, 5.41) is 24.1. The molecule has 0 bridgehead atoms. The number of nitro groups is 1. The summed E-state index contributed by atoms with van der Waals surface area (Å²) in [5.41, 5.74) is 0.504. The molecule has 1 atom stereocenters. The first-order chi connectivity index (χ1) is 11.6. The van der Waals surface area contributed by atoms with Crippen molar-refractivity contribution in [2.75, 3.05) is 18.0 Å². The van der Waals surface area contributed by atoms with Crippen molar-refractivity contribution in [2.24, 2.45) is 0 Å². The van der Waals surface area contributed by atoms with E-state index in [0.717, 1.165) is 25.9 Å². The number of aromatic hydroxyl groups is 1. The molecule has 0 spiro atoms. The van der Waals surface area contributed by atoms with Gasteiger partial charge in [-0.3, -0.25) is 10.1 Å². The van der Waals surface area contributed by atoms with Crippen LogP contribution in [0.15, 0.2) is 36.7 Å². The van der Waals surface area contributed by atoms with Gasteiger partial charge in [0.2, 0.25) is 5.95 Å². The van der Waals surface area contributed by atoms with Crippen molar-refractivity contribution in [1.82, 2.24) is 15.3 Å². The van der Waals surface area contributed by atoms with Gasteiger partial charge in [0, 0.05) is 55.8 Å². The second-order valence-corrected chi connectivity index (χ2v) is 5.78. The molecule has 1 aliphatic rings. The average Bonchev–Trinajstić information content (AvgIpc) is 2.62.